The number of hydrogen-bond acceptors (Lipinski definition) is 6. The van der Waals surface area contributed by atoms with Crippen molar-refractivity contribution in [3.8, 4) is 23.0 Å². The molecule has 0 saturated heterocycles. The smallest absolute Gasteiger partial charge is 0.277 e. The summed E-state index contributed by atoms with van der Waals surface area (Å²) in [5.74, 6) is 0.0260. The van der Waals surface area contributed by atoms with Crippen LogP contribution in [-0.4, -0.2) is 36.1 Å². The van der Waals surface area contributed by atoms with E-state index in [1.54, 1.807) is 30.3 Å². The highest BCUT2D eigenvalue weighted by Crippen LogP contribution is 2.25. The maximum atomic E-state index is 11.6. The summed E-state index contributed by atoms with van der Waals surface area (Å²) in [4.78, 5) is 11.6. The normalized spacial score (nSPS) is 10.5. The highest BCUT2D eigenvalue weighted by molar-refractivity contribution is 5.83. The fourth-order valence-electron chi connectivity index (χ4n) is 1.71. The van der Waals surface area contributed by atoms with Crippen molar-refractivity contribution in [2.24, 2.45) is 5.10 Å². The summed E-state index contributed by atoms with van der Waals surface area (Å²) in [6.07, 6.45) is 1.40. The van der Waals surface area contributed by atoms with Gasteiger partial charge in [-0.15, -0.1) is 0 Å². The number of methoxy groups -OCH3 is 1. The predicted molar refractivity (Wildman–Crippen MR) is 84.0 cm³/mol. The summed E-state index contributed by atoms with van der Waals surface area (Å²) in [6.45, 7) is -0.284. The number of benzene rings is 2. The number of carbonyl (C=O) groups excluding carboxylic acids is 1. The van der Waals surface area contributed by atoms with Gasteiger partial charge in [0.25, 0.3) is 5.91 Å². The number of hydrazone groups is 1. The van der Waals surface area contributed by atoms with Crippen LogP contribution in [0.2, 0.25) is 0 Å². The maximum Gasteiger partial charge on any atom is 0.277 e. The lowest BCUT2D eigenvalue weighted by Gasteiger charge is -2.06. The van der Waals surface area contributed by atoms with Gasteiger partial charge < -0.3 is 19.7 Å². The van der Waals surface area contributed by atoms with E-state index in [0.29, 0.717) is 11.3 Å². The Morgan fingerprint density at radius 2 is 1.91 bits per heavy atom. The van der Waals surface area contributed by atoms with Crippen molar-refractivity contribution in [1.29, 1.82) is 0 Å². The molecule has 0 radical (unpaired) electrons. The summed E-state index contributed by atoms with van der Waals surface area (Å²) in [6, 6.07) is 11.0. The SMILES string of the molecule is COc1cc(C=NNC(=O)COc2ccccc2O)ccc1O. The summed E-state index contributed by atoms with van der Waals surface area (Å²) in [5, 5.41) is 22.8. The monoisotopic (exact) mass is 316 g/mol. The average molecular weight is 316 g/mol. The molecular formula is C16H16N2O5. The molecule has 7 heteroatoms. The average Bonchev–Trinajstić information content (AvgIpc) is 2.55. The number of ether oxygens (including phenoxy) is 2. The first-order chi connectivity index (χ1) is 11.1. The number of hydrogen-bond donors (Lipinski definition) is 3. The number of aromatic hydroxyl groups is 2. The lowest BCUT2D eigenvalue weighted by Crippen LogP contribution is -2.24. The van der Waals surface area contributed by atoms with E-state index in [2.05, 4.69) is 10.5 Å². The second-order valence-corrected chi connectivity index (χ2v) is 4.48. The van der Waals surface area contributed by atoms with Gasteiger partial charge in [-0.2, -0.15) is 5.10 Å². The third kappa shape index (κ3) is 4.63. The van der Waals surface area contributed by atoms with Crippen molar-refractivity contribution in [2.75, 3.05) is 13.7 Å². The first-order valence-electron chi connectivity index (χ1n) is 6.70. The highest BCUT2D eigenvalue weighted by Gasteiger charge is 2.05. The molecule has 0 unspecified atom stereocenters. The summed E-state index contributed by atoms with van der Waals surface area (Å²) in [7, 11) is 1.44. The molecule has 0 aliphatic carbocycles. The van der Waals surface area contributed by atoms with Crippen molar-refractivity contribution in [1.82, 2.24) is 5.43 Å². The second kappa shape index (κ2) is 7.69. The van der Waals surface area contributed by atoms with E-state index in [1.807, 2.05) is 0 Å². The number of carbonyl (C=O) groups is 1. The van der Waals surface area contributed by atoms with Gasteiger partial charge in [-0.25, -0.2) is 5.43 Å². The molecule has 7 nitrogen and oxygen atoms in total. The van der Waals surface area contributed by atoms with E-state index in [4.69, 9.17) is 9.47 Å². The molecule has 0 fully saturated rings. The first kappa shape index (κ1) is 16.2. The molecule has 0 aliphatic heterocycles. The Kier molecular flexibility index (Phi) is 5.40. The van der Waals surface area contributed by atoms with Crippen LogP contribution in [0.4, 0.5) is 0 Å². The minimum Gasteiger partial charge on any atom is -0.504 e. The van der Waals surface area contributed by atoms with E-state index in [1.165, 1.54) is 25.5 Å². The molecule has 0 spiro atoms. The third-order valence-corrected chi connectivity index (χ3v) is 2.83. The van der Waals surface area contributed by atoms with Gasteiger partial charge in [0.05, 0.1) is 13.3 Å². The van der Waals surface area contributed by atoms with Gasteiger partial charge in [0.15, 0.2) is 29.6 Å². The zero-order chi connectivity index (χ0) is 16.7. The lowest BCUT2D eigenvalue weighted by molar-refractivity contribution is -0.123. The van der Waals surface area contributed by atoms with Gasteiger partial charge in [0.2, 0.25) is 0 Å². The fourth-order valence-corrected chi connectivity index (χ4v) is 1.71. The van der Waals surface area contributed by atoms with Crippen LogP contribution in [0, 0.1) is 0 Å². The molecule has 23 heavy (non-hydrogen) atoms. The molecule has 0 atom stereocenters. The number of phenolic OH excluding ortho intramolecular Hbond substituents is 2. The molecule has 0 bridgehead atoms. The van der Waals surface area contributed by atoms with Gasteiger partial charge in [0.1, 0.15) is 0 Å². The van der Waals surface area contributed by atoms with E-state index in [9.17, 15) is 15.0 Å². The minimum atomic E-state index is -0.477. The minimum absolute atomic E-state index is 0.0183. The van der Waals surface area contributed by atoms with E-state index >= 15 is 0 Å². The second-order valence-electron chi connectivity index (χ2n) is 4.48. The number of amides is 1. The number of nitrogens with zero attached hydrogens (tertiary/aromatic N) is 1. The number of rotatable bonds is 6. The van der Waals surface area contributed by atoms with Gasteiger partial charge in [0, 0.05) is 0 Å². The van der Waals surface area contributed by atoms with Crippen LogP contribution in [0.1, 0.15) is 5.56 Å². The van der Waals surface area contributed by atoms with Gasteiger partial charge >= 0.3 is 0 Å². The Bertz CT molecular complexity index is 715. The van der Waals surface area contributed by atoms with Crippen LogP contribution >= 0.6 is 0 Å². The molecule has 120 valence electrons. The van der Waals surface area contributed by atoms with Crippen molar-refractivity contribution in [2.45, 2.75) is 0 Å². The molecule has 3 N–H and O–H groups in total. The summed E-state index contributed by atoms with van der Waals surface area (Å²) >= 11 is 0. The fraction of sp³-hybridized carbons (Fsp3) is 0.125. The molecular weight excluding hydrogens is 300 g/mol. The Labute approximate surface area is 132 Å². The van der Waals surface area contributed by atoms with Crippen LogP contribution in [0.5, 0.6) is 23.0 Å². The van der Waals surface area contributed by atoms with Gasteiger partial charge in [-0.1, -0.05) is 12.1 Å². The van der Waals surface area contributed by atoms with Gasteiger partial charge in [-0.3, -0.25) is 4.79 Å². The Hall–Kier alpha value is -3.22. The molecule has 1 amide bonds. The topological polar surface area (TPSA) is 100 Å². The van der Waals surface area contributed by atoms with Crippen molar-refractivity contribution >= 4 is 12.1 Å². The molecule has 2 rings (SSSR count). The van der Waals surface area contributed by atoms with Crippen LogP contribution in [0.15, 0.2) is 47.6 Å². The number of phenols is 2. The summed E-state index contributed by atoms with van der Waals surface area (Å²) in [5.41, 5.74) is 2.93. The van der Waals surface area contributed by atoms with Gasteiger partial charge in [-0.05, 0) is 35.9 Å². The Morgan fingerprint density at radius 1 is 1.17 bits per heavy atom. The molecule has 2 aromatic rings. The number of para-hydroxylation sites is 2. The van der Waals surface area contributed by atoms with Crippen LogP contribution in [0.3, 0.4) is 0 Å². The molecule has 0 heterocycles. The third-order valence-electron chi connectivity index (χ3n) is 2.83. The number of nitrogens with one attached hydrogen (secondary N) is 1. The van der Waals surface area contributed by atoms with Crippen LogP contribution < -0.4 is 14.9 Å². The Balaban J connectivity index is 1.85. The molecule has 0 aromatic heterocycles. The van der Waals surface area contributed by atoms with Crippen molar-refractivity contribution in [3.05, 3.63) is 48.0 Å². The molecule has 0 aliphatic rings. The van der Waals surface area contributed by atoms with Crippen LogP contribution in [-0.2, 0) is 4.79 Å². The van der Waals surface area contributed by atoms with Crippen molar-refractivity contribution in [3.63, 3.8) is 0 Å². The van der Waals surface area contributed by atoms with E-state index in [0.717, 1.165) is 0 Å². The standard InChI is InChI=1S/C16H16N2O5/c1-22-15-8-11(6-7-13(15)20)9-17-18-16(21)10-23-14-5-3-2-4-12(14)19/h2-9,19-20H,10H2,1H3,(H,18,21). The maximum absolute atomic E-state index is 11.6. The zero-order valence-electron chi connectivity index (χ0n) is 12.4. The quantitative estimate of drug-likeness (QED) is 0.555. The van der Waals surface area contributed by atoms with Crippen molar-refractivity contribution < 1.29 is 24.5 Å². The van der Waals surface area contributed by atoms with E-state index < -0.39 is 5.91 Å². The highest BCUT2D eigenvalue weighted by atomic mass is 16.5. The summed E-state index contributed by atoms with van der Waals surface area (Å²) < 4.78 is 10.1. The first-order valence-corrected chi connectivity index (χ1v) is 6.70. The lowest BCUT2D eigenvalue weighted by atomic mass is 10.2. The zero-order valence-corrected chi connectivity index (χ0v) is 12.4. The van der Waals surface area contributed by atoms with E-state index in [-0.39, 0.29) is 23.9 Å². The van der Waals surface area contributed by atoms with Crippen LogP contribution in [0.25, 0.3) is 0 Å². The molecule has 0 saturated carbocycles. The largest absolute Gasteiger partial charge is 0.504 e. The molecule has 2 aromatic carbocycles. The Morgan fingerprint density at radius 3 is 2.65 bits per heavy atom. The predicted octanol–water partition coefficient (Wildman–Crippen LogP) is 1.64.